The van der Waals surface area contributed by atoms with Crippen LogP contribution in [0.5, 0.6) is 5.75 Å². The molecule has 2 aromatic rings. The number of fused-ring (bicyclic) bond motifs is 3. The van der Waals surface area contributed by atoms with Gasteiger partial charge in [-0.2, -0.15) is 0 Å². The number of amides is 1. The molecule has 180 valence electrons. The largest absolute Gasteiger partial charge is 0.573 e. The highest BCUT2D eigenvalue weighted by atomic mass is 19.4. The van der Waals surface area contributed by atoms with Gasteiger partial charge in [0.15, 0.2) is 0 Å². The number of hydrogen-bond acceptors (Lipinski definition) is 3. The molecule has 8 heteroatoms. The Labute approximate surface area is 195 Å². The van der Waals surface area contributed by atoms with Crippen LogP contribution in [0.25, 0.3) is 17.2 Å². The van der Waals surface area contributed by atoms with Crippen molar-refractivity contribution in [3.05, 3.63) is 53.1 Å². The molecule has 2 unspecified atom stereocenters. The van der Waals surface area contributed by atoms with Gasteiger partial charge in [0.05, 0.1) is 0 Å². The fourth-order valence-electron chi connectivity index (χ4n) is 5.05. The molecule has 2 aromatic carbocycles. The van der Waals surface area contributed by atoms with Crippen LogP contribution in [0.1, 0.15) is 49.8 Å². The van der Waals surface area contributed by atoms with Gasteiger partial charge >= 0.3 is 12.3 Å². The summed E-state index contributed by atoms with van der Waals surface area (Å²) in [5.74, 6) is -1.10. The number of carbonyl (C=O) groups excluding carboxylic acids is 1. The highest BCUT2D eigenvalue weighted by Gasteiger charge is 2.56. The van der Waals surface area contributed by atoms with Gasteiger partial charge in [0.25, 0.3) is 0 Å². The van der Waals surface area contributed by atoms with Gasteiger partial charge in [0.1, 0.15) is 5.75 Å². The molecule has 1 heterocycles. The number of hydrogen-bond donors (Lipinski definition) is 1. The van der Waals surface area contributed by atoms with E-state index in [9.17, 15) is 22.8 Å². The maximum absolute atomic E-state index is 13.4. The Morgan fingerprint density at radius 1 is 1.24 bits per heavy atom. The Kier molecular flexibility index (Phi) is 5.74. The third kappa shape index (κ3) is 4.29. The number of nitrogens with zero attached hydrogens (tertiary/aromatic N) is 1. The van der Waals surface area contributed by atoms with Crippen molar-refractivity contribution in [2.45, 2.75) is 46.4 Å². The predicted molar refractivity (Wildman–Crippen MR) is 123 cm³/mol. The average Bonchev–Trinajstić information content (AvgIpc) is 3.54. The summed E-state index contributed by atoms with van der Waals surface area (Å²) >= 11 is 0. The number of aliphatic carboxylic acids is 1. The van der Waals surface area contributed by atoms with Gasteiger partial charge in [0.2, 0.25) is 5.91 Å². The highest BCUT2D eigenvalue weighted by molar-refractivity contribution is 6.01. The molecule has 2 atom stereocenters. The summed E-state index contributed by atoms with van der Waals surface area (Å²) in [5, 5.41) is 8.93. The maximum atomic E-state index is 13.4. The number of carbonyl (C=O) groups is 2. The van der Waals surface area contributed by atoms with Crippen LogP contribution < -0.4 is 9.64 Å². The minimum atomic E-state index is -4.90. The number of alkyl halides is 3. The van der Waals surface area contributed by atoms with E-state index < -0.39 is 23.5 Å². The molecule has 34 heavy (non-hydrogen) atoms. The molecule has 0 radical (unpaired) electrons. The summed E-state index contributed by atoms with van der Waals surface area (Å²) < 4.78 is 43.8. The van der Waals surface area contributed by atoms with Crippen molar-refractivity contribution in [3.8, 4) is 16.9 Å². The van der Waals surface area contributed by atoms with Crippen molar-refractivity contribution in [1.82, 2.24) is 0 Å². The molecule has 0 saturated heterocycles. The zero-order valence-electron chi connectivity index (χ0n) is 19.4. The summed E-state index contributed by atoms with van der Waals surface area (Å²) in [5.41, 5.74) is 3.03. The molecule has 0 bridgehead atoms. The Morgan fingerprint density at radius 3 is 2.56 bits per heavy atom. The van der Waals surface area contributed by atoms with E-state index in [1.54, 1.807) is 11.0 Å². The zero-order valence-corrected chi connectivity index (χ0v) is 19.4. The molecular formula is C26H26F3NO4. The summed E-state index contributed by atoms with van der Waals surface area (Å²) in [6.07, 6.45) is -1.77. The minimum absolute atomic E-state index is 0.000889. The molecule has 4 rings (SSSR count). The van der Waals surface area contributed by atoms with Crippen LogP contribution in [0.2, 0.25) is 0 Å². The van der Waals surface area contributed by atoms with Crippen molar-refractivity contribution in [2.24, 2.45) is 11.3 Å². The summed E-state index contributed by atoms with van der Waals surface area (Å²) in [7, 11) is 0. The Morgan fingerprint density at radius 2 is 1.94 bits per heavy atom. The Hall–Kier alpha value is -3.29. The third-order valence-electron chi connectivity index (χ3n) is 6.83. The van der Waals surface area contributed by atoms with Crippen molar-refractivity contribution in [1.29, 1.82) is 0 Å². The van der Waals surface area contributed by atoms with Gasteiger partial charge in [-0.05, 0) is 78.6 Å². The van der Waals surface area contributed by atoms with E-state index in [0.717, 1.165) is 23.6 Å². The van der Waals surface area contributed by atoms with E-state index in [1.807, 2.05) is 33.8 Å². The van der Waals surface area contributed by atoms with Crippen molar-refractivity contribution < 1.29 is 32.6 Å². The molecule has 1 N–H and O–H groups in total. The van der Waals surface area contributed by atoms with Crippen molar-refractivity contribution in [2.75, 3.05) is 11.4 Å². The normalized spacial score (nSPS) is 21.1. The van der Waals surface area contributed by atoms with Crippen LogP contribution in [0.15, 0.2) is 36.4 Å². The second kappa shape index (κ2) is 8.18. The standard InChI is InChI=1S/C26H26F3NO4/c1-5-30-21-13-16(14(2)10-18(21)17-12-20(17)25(3,4)24(30)33)19-11-15(7-9-23(31)32)6-8-22(19)34-26(27,28)29/h6-11,13,17,20H,5,12H2,1-4H3,(H,31,32)/b9-7+. The lowest BCUT2D eigenvalue weighted by Gasteiger charge is -2.31. The molecule has 1 amide bonds. The number of rotatable bonds is 5. The smallest absolute Gasteiger partial charge is 0.478 e. The van der Waals surface area contributed by atoms with Gasteiger partial charge in [-0.25, -0.2) is 4.79 Å². The van der Waals surface area contributed by atoms with Crippen LogP contribution in [0, 0.1) is 18.3 Å². The van der Waals surface area contributed by atoms with E-state index in [-0.39, 0.29) is 23.3 Å². The summed E-state index contributed by atoms with van der Waals surface area (Å²) in [4.78, 5) is 26.0. The molecule has 1 saturated carbocycles. The van der Waals surface area contributed by atoms with Crippen LogP contribution in [0.4, 0.5) is 18.9 Å². The molecule has 1 aliphatic carbocycles. The molecule has 0 spiro atoms. The average molecular weight is 473 g/mol. The first-order valence-corrected chi connectivity index (χ1v) is 11.1. The SMILES string of the molecule is CCN1C(=O)C(C)(C)C2CC2c2cc(C)c(-c3cc(/C=C/C(=O)O)ccc3OC(F)(F)F)cc21. The zero-order chi connectivity index (χ0) is 25.0. The van der Waals surface area contributed by atoms with Crippen LogP contribution in [0.3, 0.4) is 0 Å². The van der Waals surface area contributed by atoms with E-state index in [1.165, 1.54) is 24.3 Å². The number of anilines is 1. The first-order valence-electron chi connectivity index (χ1n) is 11.1. The molecule has 2 aliphatic rings. The number of benzene rings is 2. The molecule has 1 fully saturated rings. The lowest BCUT2D eigenvalue weighted by atomic mass is 9.85. The highest BCUT2D eigenvalue weighted by Crippen LogP contribution is 2.62. The van der Waals surface area contributed by atoms with E-state index in [0.29, 0.717) is 23.4 Å². The number of carboxylic acid groups (broad SMARTS) is 1. The van der Waals surface area contributed by atoms with E-state index in [4.69, 9.17) is 5.11 Å². The molecule has 1 aliphatic heterocycles. The molecule has 5 nitrogen and oxygen atoms in total. The van der Waals surface area contributed by atoms with Crippen LogP contribution in [-0.2, 0) is 9.59 Å². The van der Waals surface area contributed by atoms with Crippen LogP contribution >= 0.6 is 0 Å². The number of halogens is 3. The minimum Gasteiger partial charge on any atom is -0.478 e. The van der Waals surface area contributed by atoms with Gasteiger partial charge < -0.3 is 14.7 Å². The van der Waals surface area contributed by atoms with Gasteiger partial charge in [0, 0.05) is 29.3 Å². The number of carboxylic acids is 1. The van der Waals surface area contributed by atoms with E-state index in [2.05, 4.69) is 4.74 Å². The first-order chi connectivity index (χ1) is 15.8. The van der Waals surface area contributed by atoms with Gasteiger partial charge in [-0.1, -0.05) is 26.0 Å². The maximum Gasteiger partial charge on any atom is 0.573 e. The lowest BCUT2D eigenvalue weighted by molar-refractivity contribution is -0.274. The predicted octanol–water partition coefficient (Wildman–Crippen LogP) is 6.15. The second-order valence-corrected chi connectivity index (χ2v) is 9.42. The number of ether oxygens (including phenoxy) is 1. The number of aryl methyl sites for hydroxylation is 1. The van der Waals surface area contributed by atoms with E-state index >= 15 is 0 Å². The third-order valence-corrected chi connectivity index (χ3v) is 6.83. The summed E-state index contributed by atoms with van der Waals surface area (Å²) in [6.45, 7) is 8.04. The van der Waals surface area contributed by atoms with Gasteiger partial charge in [-0.15, -0.1) is 13.2 Å². The Bertz CT molecular complexity index is 1200. The fourth-order valence-corrected chi connectivity index (χ4v) is 5.05. The Balaban J connectivity index is 1.91. The lowest BCUT2D eigenvalue weighted by Crippen LogP contribution is -2.41. The topological polar surface area (TPSA) is 66.8 Å². The molecule has 0 aromatic heterocycles. The fraction of sp³-hybridized carbons (Fsp3) is 0.385. The van der Waals surface area contributed by atoms with Crippen molar-refractivity contribution >= 4 is 23.6 Å². The summed E-state index contributed by atoms with van der Waals surface area (Å²) in [6, 6.07) is 7.74. The monoisotopic (exact) mass is 473 g/mol. The first kappa shape index (κ1) is 23.9. The molecular weight excluding hydrogens is 447 g/mol. The quantitative estimate of drug-likeness (QED) is 0.529. The van der Waals surface area contributed by atoms with Gasteiger partial charge in [-0.3, -0.25) is 4.79 Å². The second-order valence-electron chi connectivity index (χ2n) is 9.42. The van der Waals surface area contributed by atoms with Crippen molar-refractivity contribution in [3.63, 3.8) is 0 Å². The van der Waals surface area contributed by atoms with Crippen LogP contribution in [-0.4, -0.2) is 29.9 Å².